The number of benzene rings is 1. The van der Waals surface area contributed by atoms with Crippen LogP contribution in [0.2, 0.25) is 1.41 Å². The Balaban J connectivity index is 2.18. The molecule has 0 unspecified atom stereocenters. The van der Waals surface area contributed by atoms with Crippen LogP contribution in [0.25, 0.3) is 5.69 Å². The van der Waals surface area contributed by atoms with Crippen LogP contribution in [0, 0.1) is 13.8 Å². The van der Waals surface area contributed by atoms with Gasteiger partial charge in [0.25, 0.3) is 0 Å². The average Bonchev–Trinajstić information content (AvgIpc) is 3.01. The highest BCUT2D eigenvalue weighted by atomic mass is 15.1. The molecule has 2 heteroatoms. The summed E-state index contributed by atoms with van der Waals surface area (Å²) in [5.74, 6) is 0.446. The summed E-state index contributed by atoms with van der Waals surface area (Å²) < 4.78 is 18.5. The number of hydrogen-bond acceptors (Lipinski definition) is 0. The lowest BCUT2D eigenvalue weighted by Gasteiger charge is -2.05. The fourth-order valence-corrected chi connectivity index (χ4v) is 3.01. The molecule has 0 atom stereocenters. The molecule has 0 amide bonds. The number of nitrogens with zero attached hydrogens (tertiary/aromatic N) is 1. The van der Waals surface area contributed by atoms with Crippen LogP contribution >= 0.6 is 0 Å². The van der Waals surface area contributed by atoms with Crippen LogP contribution in [-0.2, 0) is 0 Å². The summed E-state index contributed by atoms with van der Waals surface area (Å²) in [4.78, 5) is 1.33. The van der Waals surface area contributed by atoms with Crippen molar-refractivity contribution < 1.29 is 7.35 Å². The molecule has 1 aliphatic carbocycles. The second-order valence-electron chi connectivity index (χ2n) is 5.29. The van der Waals surface area contributed by atoms with Gasteiger partial charge in [-0.2, -0.15) is 4.57 Å². The Bertz CT molecular complexity index is 640. The van der Waals surface area contributed by atoms with Crippen molar-refractivity contribution in [2.75, 3.05) is 0 Å². The smallest absolute Gasteiger partial charge is 0.247 e. The number of hydrogen-bond donors (Lipinski definition) is 1. The summed E-state index contributed by atoms with van der Waals surface area (Å²) >= 11 is 0. The van der Waals surface area contributed by atoms with Crippen molar-refractivity contribution in [3.8, 4) is 5.69 Å². The summed E-state index contributed by atoms with van der Waals surface area (Å²) in [6.45, 7) is 4.10. The summed E-state index contributed by atoms with van der Waals surface area (Å²) in [5.41, 5.74) is 4.22. The highest BCUT2D eigenvalue weighted by molar-refractivity contribution is 5.32. The van der Waals surface area contributed by atoms with Gasteiger partial charge in [-0.25, -0.2) is 4.98 Å². The van der Waals surface area contributed by atoms with Crippen molar-refractivity contribution in [1.29, 1.82) is 0 Å². The first kappa shape index (κ1) is 9.37. The minimum Gasteiger partial charge on any atom is -0.247 e. The molecule has 1 aliphatic rings. The normalized spacial score (nSPS) is 17.9. The van der Waals surface area contributed by atoms with E-state index in [0.717, 1.165) is 35.5 Å². The van der Waals surface area contributed by atoms with Gasteiger partial charge in [-0.05, 0) is 31.4 Å². The molecule has 1 heterocycles. The fraction of sp³-hybridized carbons (Fsp3) is 0.438. The topological polar surface area (TPSA) is 19.7 Å². The van der Waals surface area contributed by atoms with Gasteiger partial charge in [-0.1, -0.05) is 31.0 Å². The third kappa shape index (κ3) is 1.86. The monoisotopic (exact) mass is 243 g/mol. The predicted octanol–water partition coefficient (Wildman–Crippen LogP) is 3.57. The van der Waals surface area contributed by atoms with Gasteiger partial charge >= 0.3 is 1.41 Å². The number of H-pyrrole nitrogens is 1. The lowest BCUT2D eigenvalue weighted by atomic mass is 10.0. The van der Waals surface area contributed by atoms with Crippen molar-refractivity contribution >= 4 is 0 Å². The molecule has 1 fully saturated rings. The second-order valence-corrected chi connectivity index (χ2v) is 5.29. The summed E-state index contributed by atoms with van der Waals surface area (Å²) in [6.07, 6.45) is 5.03. The van der Waals surface area contributed by atoms with E-state index in [1.807, 2.05) is 29.7 Å². The zero-order valence-electron chi connectivity index (χ0n) is 13.1. The van der Waals surface area contributed by atoms with Gasteiger partial charge in [0.1, 0.15) is 17.1 Å². The lowest BCUT2D eigenvalue weighted by molar-refractivity contribution is -0.601. The number of para-hydroxylation sites is 1. The number of nitrogens with one attached hydrogen (secondary N) is 1. The molecule has 0 aliphatic heterocycles. The molecule has 2 aromatic rings. The molecule has 0 saturated heterocycles. The molecule has 94 valence electrons. The molecule has 3 rings (SSSR count). The van der Waals surface area contributed by atoms with E-state index < -0.39 is 0 Å². The summed E-state index contributed by atoms with van der Waals surface area (Å²) in [7, 11) is 0. The van der Waals surface area contributed by atoms with Gasteiger partial charge in [0, 0.05) is 12.8 Å². The molecular weight excluding hydrogens is 220 g/mol. The molecular formula is C16H21N2+. The molecule has 1 aromatic heterocycles. The van der Waals surface area contributed by atoms with Crippen LogP contribution in [-0.4, -0.2) is 4.98 Å². The van der Waals surface area contributed by atoms with Crippen molar-refractivity contribution in [2.45, 2.75) is 45.4 Å². The summed E-state index contributed by atoms with van der Waals surface area (Å²) in [6, 6.07) is 8.08. The molecule has 1 aromatic carbocycles. The van der Waals surface area contributed by atoms with Crippen LogP contribution in [0.15, 0.2) is 30.6 Å². The molecule has 0 spiro atoms. The number of aromatic amines is 1. The van der Waals surface area contributed by atoms with Crippen molar-refractivity contribution in [3.63, 3.8) is 0 Å². The maximum atomic E-state index is 8.29. The lowest BCUT2D eigenvalue weighted by Crippen LogP contribution is -2.32. The first-order valence-electron chi connectivity index (χ1n) is 7.75. The zero-order chi connectivity index (χ0) is 14.3. The van der Waals surface area contributed by atoms with E-state index in [4.69, 9.17) is 2.78 Å². The van der Waals surface area contributed by atoms with Gasteiger partial charge in [-0.3, -0.25) is 0 Å². The molecule has 1 saturated carbocycles. The van der Waals surface area contributed by atoms with Crippen LogP contribution in [0.5, 0.6) is 0 Å². The Hall–Kier alpha value is -1.57. The van der Waals surface area contributed by atoms with E-state index in [1.165, 1.54) is 17.8 Å². The Morgan fingerprint density at radius 2 is 2.00 bits per heavy atom. The first-order chi connectivity index (χ1) is 9.61. The van der Waals surface area contributed by atoms with E-state index in [1.54, 1.807) is 0 Å². The quantitative estimate of drug-likeness (QED) is 0.778. The van der Waals surface area contributed by atoms with E-state index >= 15 is 0 Å². The zero-order valence-corrected chi connectivity index (χ0v) is 11.1. The van der Waals surface area contributed by atoms with Gasteiger partial charge < -0.3 is 0 Å². The Labute approximate surface area is 112 Å². The third-order valence-corrected chi connectivity index (χ3v) is 4.07. The molecule has 1 N–H and O–H groups in total. The highest BCUT2D eigenvalue weighted by Crippen LogP contribution is 2.34. The maximum Gasteiger partial charge on any atom is 0.311 e. The number of rotatable bonds is 2. The Morgan fingerprint density at radius 3 is 2.72 bits per heavy atom. The van der Waals surface area contributed by atoms with Crippen LogP contribution in [0.1, 0.15) is 49.9 Å². The van der Waals surface area contributed by atoms with Crippen LogP contribution in [0.4, 0.5) is 0 Å². The minimum absolute atomic E-state index is 0.249. The predicted molar refractivity (Wildman–Crippen MR) is 73.0 cm³/mol. The molecule has 0 radical (unpaired) electrons. The fourth-order valence-electron chi connectivity index (χ4n) is 3.01. The van der Waals surface area contributed by atoms with Crippen molar-refractivity contribution in [3.05, 3.63) is 47.5 Å². The van der Waals surface area contributed by atoms with Gasteiger partial charge in [-0.15, -0.1) is 0 Å². The van der Waals surface area contributed by atoms with Gasteiger partial charge in [0.15, 0.2) is 1.37 Å². The minimum atomic E-state index is 0.249. The van der Waals surface area contributed by atoms with Crippen molar-refractivity contribution in [1.82, 2.24) is 4.98 Å². The second kappa shape index (κ2) is 4.60. The SMILES string of the molecule is [2H]c1n([2H])c(C2CCCC2)c(C)[n+]1-c1ccccc1C. The van der Waals surface area contributed by atoms with E-state index in [2.05, 4.69) is 13.0 Å². The molecule has 0 bridgehead atoms. The third-order valence-electron chi connectivity index (χ3n) is 4.07. The molecule has 18 heavy (non-hydrogen) atoms. The van der Waals surface area contributed by atoms with E-state index in [-0.39, 0.29) is 6.30 Å². The Kier molecular flexibility index (Phi) is 2.39. The maximum absolute atomic E-state index is 8.29. The van der Waals surface area contributed by atoms with Gasteiger partial charge in [0.2, 0.25) is 6.30 Å². The number of aryl methyl sites for hydroxylation is 1. The molecule has 2 nitrogen and oxygen atoms in total. The van der Waals surface area contributed by atoms with E-state index in [0.29, 0.717) is 5.92 Å². The standard InChI is InChI=1S/C16H20N2/c1-12-7-3-6-10-15(12)18-11-17-16(13(18)2)14-8-4-5-9-14/h3,6-7,10-11,14H,4-5,8-9H2,1-2H3/p+1/i11D/hD. The van der Waals surface area contributed by atoms with Crippen molar-refractivity contribution in [2.24, 2.45) is 0 Å². The highest BCUT2D eigenvalue weighted by Gasteiger charge is 2.26. The largest absolute Gasteiger partial charge is 0.311 e. The number of imidazole rings is 1. The van der Waals surface area contributed by atoms with Crippen LogP contribution < -0.4 is 4.57 Å². The van der Waals surface area contributed by atoms with Crippen LogP contribution in [0.3, 0.4) is 0 Å². The van der Waals surface area contributed by atoms with E-state index in [9.17, 15) is 0 Å². The Morgan fingerprint density at radius 1 is 1.28 bits per heavy atom. The first-order valence-corrected chi connectivity index (χ1v) is 6.80. The number of aromatic nitrogens is 2. The summed E-state index contributed by atoms with van der Waals surface area (Å²) in [5, 5.41) is 0. The average molecular weight is 243 g/mol. The van der Waals surface area contributed by atoms with Gasteiger partial charge in [0.05, 0.1) is 0 Å².